The smallest absolute Gasteiger partial charge is 0.413 e. The maximum Gasteiger partial charge on any atom is 0.413 e. The van der Waals surface area contributed by atoms with E-state index >= 15 is 0 Å². The summed E-state index contributed by atoms with van der Waals surface area (Å²) < 4.78 is 4.83. The number of rotatable bonds is 4. The Bertz CT molecular complexity index is 254. The van der Waals surface area contributed by atoms with Crippen LogP contribution in [-0.4, -0.2) is 54.5 Å². The van der Waals surface area contributed by atoms with Crippen molar-refractivity contribution in [1.29, 1.82) is 0 Å². The number of carboxylic acid groups (broad SMARTS) is 1. The second kappa shape index (κ2) is 5.60. The SMILES string of the molecule is C=[P+](C)COC(=O)N(C)C(C)C(=O)O. The van der Waals surface area contributed by atoms with Gasteiger partial charge < -0.3 is 9.84 Å². The number of hydrogen-bond acceptors (Lipinski definition) is 3. The van der Waals surface area contributed by atoms with Crippen LogP contribution < -0.4 is 0 Å². The zero-order chi connectivity index (χ0) is 11.3. The lowest BCUT2D eigenvalue weighted by Crippen LogP contribution is -2.40. The summed E-state index contributed by atoms with van der Waals surface area (Å²) in [4.78, 5) is 22.8. The molecule has 0 aliphatic rings. The molecule has 0 aromatic heterocycles. The van der Waals surface area contributed by atoms with Crippen molar-refractivity contribution in [3.05, 3.63) is 0 Å². The Morgan fingerprint density at radius 3 is 2.50 bits per heavy atom. The summed E-state index contributed by atoms with van der Waals surface area (Å²) in [5, 5.41) is 8.62. The van der Waals surface area contributed by atoms with Gasteiger partial charge in [-0.05, 0) is 6.92 Å². The molecule has 0 saturated heterocycles. The quantitative estimate of drug-likeness (QED) is 0.718. The molecule has 0 aromatic carbocycles. The molecule has 2 unspecified atom stereocenters. The molecular weight excluding hydrogens is 205 g/mol. The predicted molar refractivity (Wildman–Crippen MR) is 56.2 cm³/mol. The van der Waals surface area contributed by atoms with Gasteiger partial charge in [-0.2, -0.15) is 0 Å². The van der Waals surface area contributed by atoms with Gasteiger partial charge in [-0.1, -0.05) is 0 Å². The number of carbonyl (C=O) groups excluding carboxylic acids is 1. The Morgan fingerprint density at radius 1 is 1.64 bits per heavy atom. The van der Waals surface area contributed by atoms with Crippen molar-refractivity contribution in [3.63, 3.8) is 0 Å². The zero-order valence-electron chi connectivity index (χ0n) is 8.56. The molecule has 0 radical (unpaired) electrons. The lowest BCUT2D eigenvalue weighted by molar-refractivity contribution is -0.141. The van der Waals surface area contributed by atoms with Gasteiger partial charge in [-0.3, -0.25) is 4.90 Å². The molecule has 0 bridgehead atoms. The average Bonchev–Trinajstić information content (AvgIpc) is 2.11. The van der Waals surface area contributed by atoms with Gasteiger partial charge in [0.1, 0.15) is 13.6 Å². The van der Waals surface area contributed by atoms with Crippen molar-refractivity contribution in [2.24, 2.45) is 0 Å². The second-order valence-corrected chi connectivity index (χ2v) is 4.99. The van der Waals surface area contributed by atoms with Gasteiger partial charge in [0.2, 0.25) is 6.35 Å². The van der Waals surface area contributed by atoms with E-state index in [2.05, 4.69) is 6.30 Å². The largest absolute Gasteiger partial charge is 0.480 e. The Hall–Kier alpha value is -1.09. The topological polar surface area (TPSA) is 66.8 Å². The third-order valence-corrected chi connectivity index (χ3v) is 2.20. The van der Waals surface area contributed by atoms with Gasteiger partial charge in [-0.15, -0.1) is 0 Å². The normalized spacial score (nSPS) is 12.9. The lowest BCUT2D eigenvalue weighted by atomic mass is 10.3. The van der Waals surface area contributed by atoms with Crippen LogP contribution in [-0.2, 0) is 9.53 Å². The van der Waals surface area contributed by atoms with Crippen LogP contribution in [0.4, 0.5) is 4.79 Å². The molecule has 1 amide bonds. The first-order chi connectivity index (χ1) is 6.36. The zero-order valence-corrected chi connectivity index (χ0v) is 9.45. The Morgan fingerprint density at radius 2 is 2.14 bits per heavy atom. The van der Waals surface area contributed by atoms with Gasteiger partial charge in [0, 0.05) is 7.05 Å². The number of amides is 1. The summed E-state index contributed by atoms with van der Waals surface area (Å²) in [7, 11) is 0.832. The highest BCUT2D eigenvalue weighted by atomic mass is 31.1. The predicted octanol–water partition coefficient (Wildman–Crippen LogP) is 1.03. The Kier molecular flexibility index (Phi) is 5.16. The van der Waals surface area contributed by atoms with E-state index in [9.17, 15) is 9.59 Å². The molecule has 0 aromatic rings. The minimum Gasteiger partial charge on any atom is -0.480 e. The number of aliphatic carboxylic acids is 1. The number of hydrogen-bond donors (Lipinski definition) is 1. The lowest BCUT2D eigenvalue weighted by Gasteiger charge is -2.19. The van der Waals surface area contributed by atoms with Crippen LogP contribution in [0.3, 0.4) is 0 Å². The van der Waals surface area contributed by atoms with Crippen molar-refractivity contribution in [1.82, 2.24) is 4.90 Å². The van der Waals surface area contributed by atoms with Crippen LogP contribution in [0.2, 0.25) is 0 Å². The monoisotopic (exact) mass is 220 g/mol. The third-order valence-electron chi connectivity index (χ3n) is 1.63. The molecule has 0 rings (SSSR count). The molecule has 5 nitrogen and oxygen atoms in total. The number of likely N-dealkylation sites (N-methyl/N-ethyl adjacent to an activating group) is 1. The summed E-state index contributed by atoms with van der Waals surface area (Å²) in [5.41, 5.74) is 0. The first-order valence-corrected chi connectivity index (χ1v) is 6.16. The van der Waals surface area contributed by atoms with E-state index in [0.29, 0.717) is 0 Å². The highest BCUT2D eigenvalue weighted by molar-refractivity contribution is 7.54. The summed E-state index contributed by atoms with van der Waals surface area (Å²) in [5.74, 6) is -1.06. The maximum absolute atomic E-state index is 11.2. The summed E-state index contributed by atoms with van der Waals surface area (Å²) in [6.45, 7) is 3.28. The van der Waals surface area contributed by atoms with Gasteiger partial charge >= 0.3 is 12.1 Å². The third kappa shape index (κ3) is 4.23. The number of carboxylic acids is 1. The van der Waals surface area contributed by atoms with E-state index in [1.54, 1.807) is 0 Å². The van der Waals surface area contributed by atoms with E-state index in [4.69, 9.17) is 9.84 Å². The Balaban J connectivity index is 4.11. The minimum absolute atomic E-state index is 0.255. The minimum atomic E-state index is -1.06. The highest BCUT2D eigenvalue weighted by Crippen LogP contribution is 2.13. The molecule has 80 valence electrons. The second-order valence-electron chi connectivity index (χ2n) is 3.02. The first-order valence-electron chi connectivity index (χ1n) is 4.00. The molecular formula is C8H15NO4P+. The number of ether oxygens (including phenoxy) is 1. The fourth-order valence-electron chi connectivity index (χ4n) is 0.591. The van der Waals surface area contributed by atoms with E-state index in [-0.39, 0.29) is 6.35 Å². The molecule has 1 N–H and O–H groups in total. The average molecular weight is 220 g/mol. The molecule has 2 atom stereocenters. The molecule has 0 heterocycles. The van der Waals surface area contributed by atoms with Crippen LogP contribution in [0.1, 0.15) is 6.92 Å². The van der Waals surface area contributed by atoms with E-state index < -0.39 is 25.6 Å². The molecule has 14 heavy (non-hydrogen) atoms. The van der Waals surface area contributed by atoms with Gasteiger partial charge in [0.15, 0.2) is 0 Å². The van der Waals surface area contributed by atoms with Crippen LogP contribution in [0, 0.1) is 0 Å². The van der Waals surface area contributed by atoms with Crippen molar-refractivity contribution in [2.45, 2.75) is 13.0 Å². The highest BCUT2D eigenvalue weighted by Gasteiger charge is 2.23. The molecule has 0 fully saturated rings. The van der Waals surface area contributed by atoms with Crippen LogP contribution >= 0.6 is 7.55 Å². The molecule has 0 aliphatic heterocycles. The summed E-state index contributed by atoms with van der Waals surface area (Å²) in [6.07, 6.45) is 3.33. The van der Waals surface area contributed by atoms with E-state index in [1.165, 1.54) is 14.0 Å². The first kappa shape index (κ1) is 12.9. The van der Waals surface area contributed by atoms with Crippen molar-refractivity contribution < 1.29 is 19.4 Å². The van der Waals surface area contributed by atoms with E-state index in [1.807, 2.05) is 6.66 Å². The van der Waals surface area contributed by atoms with Crippen molar-refractivity contribution >= 4 is 25.9 Å². The van der Waals surface area contributed by atoms with Gasteiger partial charge in [-0.25, -0.2) is 9.59 Å². The standard InChI is InChI=1S/C8H14NO4P/c1-6(7(10)11)9(2)8(12)13-5-14(3)4/h6H,3,5H2,1-2,4H3/p+1. The summed E-state index contributed by atoms with van der Waals surface area (Å²) in [6, 6.07) is -0.879. The van der Waals surface area contributed by atoms with Crippen LogP contribution in [0.5, 0.6) is 0 Å². The Labute approximate surface area is 84.0 Å². The fourth-order valence-corrected chi connectivity index (χ4v) is 0.922. The molecule has 0 aliphatic carbocycles. The van der Waals surface area contributed by atoms with Gasteiger partial charge in [0.25, 0.3) is 0 Å². The van der Waals surface area contributed by atoms with E-state index in [0.717, 1.165) is 4.90 Å². The van der Waals surface area contributed by atoms with Crippen LogP contribution in [0.25, 0.3) is 0 Å². The fraction of sp³-hybridized carbons (Fsp3) is 0.625. The van der Waals surface area contributed by atoms with Crippen molar-refractivity contribution in [3.8, 4) is 0 Å². The number of nitrogens with zero attached hydrogens (tertiary/aromatic N) is 1. The van der Waals surface area contributed by atoms with Gasteiger partial charge in [0.05, 0.1) is 13.0 Å². The summed E-state index contributed by atoms with van der Waals surface area (Å²) >= 11 is 0. The molecule has 6 heteroatoms. The molecule has 0 saturated carbocycles. The van der Waals surface area contributed by atoms with Crippen LogP contribution in [0.15, 0.2) is 0 Å². The molecule has 0 spiro atoms. The maximum atomic E-state index is 11.2. The number of carbonyl (C=O) groups is 2. The van der Waals surface area contributed by atoms with Crippen molar-refractivity contribution in [2.75, 3.05) is 20.1 Å².